The van der Waals surface area contributed by atoms with Gasteiger partial charge in [-0.2, -0.15) is 0 Å². The summed E-state index contributed by atoms with van der Waals surface area (Å²) in [6, 6.07) is 8.19. The molecule has 0 amide bonds. The standard InChI is InChI=1S/C9H13N3/c10-6-5-9-11-7-3-1-2-4-8(7)12-9/h1-4,9,11-12H,5-6,10H2. The normalized spacial score (nSPS) is 15.1. The smallest absolute Gasteiger partial charge is 0.0977 e. The van der Waals surface area contributed by atoms with Crippen molar-refractivity contribution < 1.29 is 0 Å². The van der Waals surface area contributed by atoms with Gasteiger partial charge in [-0.15, -0.1) is 0 Å². The molecule has 0 atom stereocenters. The summed E-state index contributed by atoms with van der Waals surface area (Å²) < 4.78 is 0. The lowest BCUT2D eigenvalue weighted by molar-refractivity contribution is 0.746. The molecule has 0 saturated heterocycles. The zero-order valence-corrected chi connectivity index (χ0v) is 6.88. The topological polar surface area (TPSA) is 50.1 Å². The van der Waals surface area contributed by atoms with Crippen molar-refractivity contribution in [1.29, 1.82) is 0 Å². The van der Waals surface area contributed by atoms with E-state index in [2.05, 4.69) is 22.8 Å². The van der Waals surface area contributed by atoms with Crippen LogP contribution in [0.1, 0.15) is 6.42 Å². The van der Waals surface area contributed by atoms with Crippen LogP contribution in [-0.2, 0) is 0 Å². The van der Waals surface area contributed by atoms with Crippen LogP contribution in [0.3, 0.4) is 0 Å². The van der Waals surface area contributed by atoms with E-state index < -0.39 is 0 Å². The first kappa shape index (κ1) is 7.43. The molecule has 3 nitrogen and oxygen atoms in total. The molecular weight excluding hydrogens is 150 g/mol. The van der Waals surface area contributed by atoms with Gasteiger partial charge >= 0.3 is 0 Å². The fourth-order valence-electron chi connectivity index (χ4n) is 1.46. The van der Waals surface area contributed by atoms with Crippen LogP contribution in [0.5, 0.6) is 0 Å². The Bertz CT molecular complexity index is 247. The highest BCUT2D eigenvalue weighted by molar-refractivity contribution is 5.74. The second kappa shape index (κ2) is 3.03. The van der Waals surface area contributed by atoms with Crippen molar-refractivity contribution in [3.05, 3.63) is 24.3 Å². The van der Waals surface area contributed by atoms with Crippen LogP contribution in [0.2, 0.25) is 0 Å². The summed E-state index contributed by atoms with van der Waals surface area (Å²) in [7, 11) is 0. The predicted molar refractivity (Wildman–Crippen MR) is 51.1 cm³/mol. The van der Waals surface area contributed by atoms with Crippen LogP contribution >= 0.6 is 0 Å². The Labute approximate surface area is 72.0 Å². The van der Waals surface area contributed by atoms with Crippen molar-refractivity contribution >= 4 is 11.4 Å². The summed E-state index contributed by atoms with van der Waals surface area (Å²) in [5, 5.41) is 6.69. The first-order valence-electron chi connectivity index (χ1n) is 4.22. The van der Waals surface area contributed by atoms with E-state index in [9.17, 15) is 0 Å². The lowest BCUT2D eigenvalue weighted by Gasteiger charge is -2.09. The van der Waals surface area contributed by atoms with Crippen molar-refractivity contribution in [2.45, 2.75) is 12.6 Å². The molecule has 1 aromatic rings. The van der Waals surface area contributed by atoms with Gasteiger partial charge in [0.1, 0.15) is 0 Å². The molecule has 0 radical (unpaired) electrons. The van der Waals surface area contributed by atoms with Gasteiger partial charge in [-0.05, 0) is 25.1 Å². The van der Waals surface area contributed by atoms with Crippen molar-refractivity contribution in [3.8, 4) is 0 Å². The molecule has 1 aliphatic rings. The van der Waals surface area contributed by atoms with E-state index in [0.717, 1.165) is 6.42 Å². The second-order valence-electron chi connectivity index (χ2n) is 2.96. The Balaban J connectivity index is 2.11. The van der Waals surface area contributed by atoms with Gasteiger partial charge in [0.15, 0.2) is 0 Å². The maximum Gasteiger partial charge on any atom is 0.0977 e. The van der Waals surface area contributed by atoms with Gasteiger partial charge in [0.2, 0.25) is 0 Å². The van der Waals surface area contributed by atoms with Gasteiger partial charge in [-0.3, -0.25) is 0 Å². The number of para-hydroxylation sites is 2. The lowest BCUT2D eigenvalue weighted by atomic mass is 10.3. The lowest BCUT2D eigenvalue weighted by Crippen LogP contribution is -2.25. The summed E-state index contributed by atoms with van der Waals surface area (Å²) in [4.78, 5) is 0. The van der Waals surface area contributed by atoms with Crippen LogP contribution in [0.15, 0.2) is 24.3 Å². The minimum Gasteiger partial charge on any atom is -0.364 e. The minimum absolute atomic E-state index is 0.312. The number of nitrogens with one attached hydrogen (secondary N) is 2. The molecule has 1 aromatic carbocycles. The molecule has 0 aliphatic carbocycles. The molecule has 0 fully saturated rings. The minimum atomic E-state index is 0.312. The van der Waals surface area contributed by atoms with Crippen LogP contribution in [-0.4, -0.2) is 12.7 Å². The second-order valence-corrected chi connectivity index (χ2v) is 2.96. The third kappa shape index (κ3) is 1.23. The Morgan fingerprint density at radius 1 is 1.17 bits per heavy atom. The van der Waals surface area contributed by atoms with Crippen molar-refractivity contribution in [2.75, 3.05) is 17.2 Å². The largest absolute Gasteiger partial charge is 0.364 e. The molecule has 64 valence electrons. The molecule has 0 spiro atoms. The molecule has 0 bridgehead atoms. The first-order chi connectivity index (χ1) is 5.90. The molecule has 0 aromatic heterocycles. The van der Waals surface area contributed by atoms with Gasteiger partial charge in [0.05, 0.1) is 17.5 Å². The van der Waals surface area contributed by atoms with E-state index in [0.29, 0.717) is 12.7 Å². The van der Waals surface area contributed by atoms with Gasteiger partial charge in [-0.25, -0.2) is 0 Å². The van der Waals surface area contributed by atoms with E-state index in [1.54, 1.807) is 0 Å². The van der Waals surface area contributed by atoms with Gasteiger partial charge in [0.25, 0.3) is 0 Å². The third-order valence-corrected chi connectivity index (χ3v) is 2.04. The Kier molecular flexibility index (Phi) is 1.87. The summed E-state index contributed by atoms with van der Waals surface area (Å²) in [6.07, 6.45) is 1.27. The summed E-state index contributed by atoms with van der Waals surface area (Å²) in [6.45, 7) is 0.707. The zero-order valence-electron chi connectivity index (χ0n) is 6.88. The fourth-order valence-corrected chi connectivity index (χ4v) is 1.46. The Morgan fingerprint density at radius 2 is 1.75 bits per heavy atom. The van der Waals surface area contributed by atoms with E-state index in [-0.39, 0.29) is 0 Å². The molecule has 0 unspecified atom stereocenters. The summed E-state index contributed by atoms with van der Waals surface area (Å²) in [5.41, 5.74) is 7.82. The average molecular weight is 163 g/mol. The SMILES string of the molecule is NCCC1Nc2ccccc2N1. The predicted octanol–water partition coefficient (Wildman–Crippen LogP) is 1.20. The number of nitrogens with two attached hydrogens (primary N) is 1. The molecule has 3 heteroatoms. The summed E-state index contributed by atoms with van der Waals surface area (Å²) >= 11 is 0. The van der Waals surface area contributed by atoms with Gasteiger partial charge in [0, 0.05) is 0 Å². The van der Waals surface area contributed by atoms with Crippen LogP contribution in [0, 0.1) is 0 Å². The number of benzene rings is 1. The van der Waals surface area contributed by atoms with Crippen molar-refractivity contribution in [1.82, 2.24) is 0 Å². The van der Waals surface area contributed by atoms with E-state index in [1.165, 1.54) is 11.4 Å². The maximum atomic E-state index is 5.46. The highest BCUT2D eigenvalue weighted by atomic mass is 15.2. The molecule has 1 aliphatic heterocycles. The summed E-state index contributed by atoms with van der Waals surface area (Å²) in [5.74, 6) is 0. The molecule has 4 N–H and O–H groups in total. The first-order valence-corrected chi connectivity index (χ1v) is 4.22. The highest BCUT2D eigenvalue weighted by Gasteiger charge is 2.16. The number of anilines is 2. The number of hydrogen-bond donors (Lipinski definition) is 3. The quantitative estimate of drug-likeness (QED) is 0.614. The maximum absolute atomic E-state index is 5.46. The van der Waals surface area contributed by atoms with Crippen LogP contribution in [0.4, 0.5) is 11.4 Å². The zero-order chi connectivity index (χ0) is 8.39. The molecule has 12 heavy (non-hydrogen) atoms. The Hall–Kier alpha value is -1.22. The highest BCUT2D eigenvalue weighted by Crippen LogP contribution is 2.28. The van der Waals surface area contributed by atoms with Crippen molar-refractivity contribution in [2.24, 2.45) is 5.73 Å². The van der Waals surface area contributed by atoms with E-state index in [1.807, 2.05) is 12.1 Å². The van der Waals surface area contributed by atoms with Gasteiger partial charge < -0.3 is 16.4 Å². The van der Waals surface area contributed by atoms with Gasteiger partial charge in [-0.1, -0.05) is 12.1 Å². The molecule has 2 rings (SSSR count). The molecule has 0 saturated carbocycles. The molecular formula is C9H13N3. The molecule has 1 heterocycles. The van der Waals surface area contributed by atoms with E-state index >= 15 is 0 Å². The number of fused-ring (bicyclic) bond motifs is 1. The van der Waals surface area contributed by atoms with Crippen LogP contribution in [0.25, 0.3) is 0 Å². The fraction of sp³-hybridized carbons (Fsp3) is 0.333. The Morgan fingerprint density at radius 3 is 2.25 bits per heavy atom. The average Bonchev–Trinajstić information content (AvgIpc) is 2.47. The monoisotopic (exact) mass is 163 g/mol. The van der Waals surface area contributed by atoms with Crippen LogP contribution < -0.4 is 16.4 Å². The number of rotatable bonds is 2. The third-order valence-electron chi connectivity index (χ3n) is 2.04. The van der Waals surface area contributed by atoms with E-state index in [4.69, 9.17) is 5.73 Å². The van der Waals surface area contributed by atoms with Crippen molar-refractivity contribution in [3.63, 3.8) is 0 Å². The number of hydrogen-bond acceptors (Lipinski definition) is 3.